The molecule has 3 aromatic heterocycles. The average molecular weight is 591 g/mol. The maximum absolute atomic E-state index is 9.95. The summed E-state index contributed by atoms with van der Waals surface area (Å²) < 4.78 is 0. The van der Waals surface area contributed by atoms with Crippen molar-refractivity contribution in [3.8, 4) is 22.4 Å². The first-order chi connectivity index (χ1) is 21.4. The molecule has 1 atom stereocenters. The highest BCUT2D eigenvalue weighted by Crippen LogP contribution is 2.30. The molecule has 0 spiro atoms. The van der Waals surface area contributed by atoms with E-state index in [0.717, 1.165) is 84.6 Å². The number of piperidine rings is 1. The van der Waals surface area contributed by atoms with Gasteiger partial charge in [0.2, 0.25) is 0 Å². The summed E-state index contributed by atoms with van der Waals surface area (Å²) in [6.45, 7) is 15.8. The molecule has 2 aliphatic rings. The van der Waals surface area contributed by atoms with Crippen LogP contribution in [0.2, 0.25) is 0 Å². The van der Waals surface area contributed by atoms with Gasteiger partial charge in [0.15, 0.2) is 0 Å². The number of pyridine rings is 3. The summed E-state index contributed by atoms with van der Waals surface area (Å²) in [6, 6.07) is 17.1. The Morgan fingerprint density at radius 1 is 0.818 bits per heavy atom. The zero-order valence-electron chi connectivity index (χ0n) is 26.7. The standard InChI is InChI=1S/C37H46N6O/c1-26-11-15-38-25-35(26)34-8-9-36(40-28(34)3)31-5-10-37(39-24-31)43-17-13-30(14-18-43)12-16-41-19-21-42(22-20-41)32-6-7-33(29(4)44)27(2)23-32/h5-11,15,23-25,29-30,44H,12-14,16-22H2,1-4H3. The first-order valence-corrected chi connectivity index (χ1v) is 16.2. The van der Waals surface area contributed by atoms with Gasteiger partial charge in [-0.05, 0) is 113 Å². The van der Waals surface area contributed by atoms with E-state index in [1.807, 2.05) is 31.6 Å². The number of aryl methyl sites for hydroxylation is 3. The van der Waals surface area contributed by atoms with Crippen LogP contribution in [0.3, 0.4) is 0 Å². The monoisotopic (exact) mass is 590 g/mol. The largest absolute Gasteiger partial charge is 0.389 e. The molecular weight excluding hydrogens is 544 g/mol. The number of hydrogen-bond acceptors (Lipinski definition) is 7. The van der Waals surface area contributed by atoms with E-state index in [4.69, 9.17) is 9.97 Å². The van der Waals surface area contributed by atoms with Gasteiger partial charge in [0, 0.05) is 85.9 Å². The number of aliphatic hydroxyl groups is 1. The smallest absolute Gasteiger partial charge is 0.128 e. The number of aliphatic hydroxyl groups excluding tert-OH is 1. The van der Waals surface area contributed by atoms with E-state index in [9.17, 15) is 5.11 Å². The summed E-state index contributed by atoms with van der Waals surface area (Å²) in [7, 11) is 0. The molecule has 44 heavy (non-hydrogen) atoms. The average Bonchev–Trinajstić information content (AvgIpc) is 3.04. The molecule has 1 unspecified atom stereocenters. The number of nitrogens with zero attached hydrogens (tertiary/aromatic N) is 6. The van der Waals surface area contributed by atoms with Crippen molar-refractivity contribution < 1.29 is 5.11 Å². The second kappa shape index (κ2) is 13.4. The van der Waals surface area contributed by atoms with Crippen molar-refractivity contribution in [3.05, 3.63) is 89.5 Å². The topological polar surface area (TPSA) is 68.6 Å². The van der Waals surface area contributed by atoms with E-state index in [-0.39, 0.29) is 0 Å². The van der Waals surface area contributed by atoms with Gasteiger partial charge in [-0.2, -0.15) is 0 Å². The third kappa shape index (κ3) is 6.79. The molecular formula is C37H46N6O. The Kier molecular flexibility index (Phi) is 9.24. The van der Waals surface area contributed by atoms with E-state index in [1.54, 1.807) is 0 Å². The summed E-state index contributed by atoms with van der Waals surface area (Å²) in [5, 5.41) is 9.95. The van der Waals surface area contributed by atoms with E-state index >= 15 is 0 Å². The van der Waals surface area contributed by atoms with E-state index < -0.39 is 6.10 Å². The summed E-state index contributed by atoms with van der Waals surface area (Å²) in [5.74, 6) is 1.85. The molecule has 0 aliphatic carbocycles. The Morgan fingerprint density at radius 3 is 2.27 bits per heavy atom. The summed E-state index contributed by atoms with van der Waals surface area (Å²) in [6.07, 6.45) is 9.05. The number of hydrogen-bond donors (Lipinski definition) is 1. The summed E-state index contributed by atoms with van der Waals surface area (Å²) in [4.78, 5) is 21.6. The molecule has 5 heterocycles. The van der Waals surface area contributed by atoms with Gasteiger partial charge >= 0.3 is 0 Å². The molecule has 0 amide bonds. The molecule has 6 rings (SSSR count). The van der Waals surface area contributed by atoms with Crippen molar-refractivity contribution in [1.29, 1.82) is 0 Å². The van der Waals surface area contributed by atoms with Crippen LogP contribution in [0.15, 0.2) is 67.1 Å². The normalized spacial score (nSPS) is 17.2. The van der Waals surface area contributed by atoms with Crippen LogP contribution in [0.25, 0.3) is 22.4 Å². The van der Waals surface area contributed by atoms with Crippen molar-refractivity contribution >= 4 is 11.5 Å². The van der Waals surface area contributed by atoms with Gasteiger partial charge in [0.05, 0.1) is 11.8 Å². The fourth-order valence-electron chi connectivity index (χ4n) is 6.85. The minimum absolute atomic E-state index is 0.413. The lowest BCUT2D eigenvalue weighted by molar-refractivity contribution is 0.198. The van der Waals surface area contributed by atoms with Crippen LogP contribution in [0.4, 0.5) is 11.5 Å². The number of anilines is 2. The summed E-state index contributed by atoms with van der Waals surface area (Å²) >= 11 is 0. The zero-order chi connectivity index (χ0) is 30.6. The third-order valence-corrected chi connectivity index (χ3v) is 9.69. The van der Waals surface area contributed by atoms with Crippen molar-refractivity contribution in [2.75, 3.05) is 55.6 Å². The molecule has 7 nitrogen and oxygen atoms in total. The lowest BCUT2D eigenvalue weighted by Gasteiger charge is -2.38. The second-order valence-corrected chi connectivity index (χ2v) is 12.7. The van der Waals surface area contributed by atoms with Crippen molar-refractivity contribution in [2.45, 2.75) is 53.1 Å². The minimum atomic E-state index is -0.413. The molecule has 1 N–H and O–H groups in total. The highest BCUT2D eigenvalue weighted by Gasteiger charge is 2.23. The highest BCUT2D eigenvalue weighted by molar-refractivity contribution is 5.71. The second-order valence-electron chi connectivity index (χ2n) is 12.7. The molecule has 0 bridgehead atoms. The lowest BCUT2D eigenvalue weighted by Crippen LogP contribution is -2.47. The first-order valence-electron chi connectivity index (χ1n) is 16.2. The van der Waals surface area contributed by atoms with Crippen molar-refractivity contribution in [3.63, 3.8) is 0 Å². The molecule has 2 aliphatic heterocycles. The Bertz CT molecular complexity index is 1550. The maximum Gasteiger partial charge on any atom is 0.128 e. The van der Waals surface area contributed by atoms with Crippen LogP contribution in [-0.4, -0.2) is 70.8 Å². The molecule has 0 saturated carbocycles. The number of aromatic nitrogens is 3. The number of rotatable bonds is 8. The Labute approximate surface area is 262 Å². The number of piperazine rings is 1. The van der Waals surface area contributed by atoms with Gasteiger partial charge in [-0.25, -0.2) is 4.98 Å². The van der Waals surface area contributed by atoms with Crippen LogP contribution in [0.5, 0.6) is 0 Å². The fraction of sp³-hybridized carbons (Fsp3) is 0.432. The Balaban J connectivity index is 0.959. The lowest BCUT2D eigenvalue weighted by atomic mass is 9.93. The molecule has 230 valence electrons. The SMILES string of the molecule is Cc1ccncc1-c1ccc(-c2ccc(N3CCC(CCN4CCN(c5ccc(C(C)O)c(C)c5)CC4)CC3)nc2)nc1C. The van der Waals surface area contributed by atoms with Crippen LogP contribution in [0.1, 0.15) is 54.7 Å². The zero-order valence-corrected chi connectivity index (χ0v) is 26.7. The van der Waals surface area contributed by atoms with E-state index in [2.05, 4.69) is 82.9 Å². The van der Waals surface area contributed by atoms with Gasteiger partial charge in [-0.3, -0.25) is 14.9 Å². The molecule has 7 heteroatoms. The Hall–Kier alpha value is -3.81. The van der Waals surface area contributed by atoms with E-state index in [1.165, 1.54) is 42.6 Å². The van der Waals surface area contributed by atoms with Crippen LogP contribution >= 0.6 is 0 Å². The highest BCUT2D eigenvalue weighted by atomic mass is 16.3. The van der Waals surface area contributed by atoms with Crippen molar-refractivity contribution in [1.82, 2.24) is 19.9 Å². The first kappa shape index (κ1) is 30.2. The molecule has 2 saturated heterocycles. The molecule has 2 fully saturated rings. The fourth-order valence-corrected chi connectivity index (χ4v) is 6.85. The van der Waals surface area contributed by atoms with Gasteiger partial charge in [0.1, 0.15) is 5.82 Å². The Morgan fingerprint density at radius 2 is 1.61 bits per heavy atom. The van der Waals surface area contributed by atoms with Gasteiger partial charge in [0.25, 0.3) is 0 Å². The van der Waals surface area contributed by atoms with Crippen LogP contribution in [0, 0.1) is 26.7 Å². The predicted octanol–water partition coefficient (Wildman–Crippen LogP) is 6.61. The van der Waals surface area contributed by atoms with Gasteiger partial charge in [-0.1, -0.05) is 12.1 Å². The van der Waals surface area contributed by atoms with Crippen molar-refractivity contribution in [2.24, 2.45) is 5.92 Å². The predicted molar refractivity (Wildman–Crippen MR) is 180 cm³/mol. The molecule has 0 radical (unpaired) electrons. The number of benzene rings is 1. The summed E-state index contributed by atoms with van der Waals surface area (Å²) in [5.41, 5.74) is 9.95. The third-order valence-electron chi connectivity index (χ3n) is 9.69. The van der Waals surface area contributed by atoms with Gasteiger partial charge in [-0.15, -0.1) is 0 Å². The maximum atomic E-state index is 9.95. The molecule has 1 aromatic carbocycles. The quantitative estimate of drug-likeness (QED) is 0.248. The van der Waals surface area contributed by atoms with Gasteiger partial charge < -0.3 is 14.9 Å². The minimum Gasteiger partial charge on any atom is -0.389 e. The van der Waals surface area contributed by atoms with Crippen LogP contribution < -0.4 is 9.80 Å². The van der Waals surface area contributed by atoms with Crippen LogP contribution in [-0.2, 0) is 0 Å². The molecule has 4 aromatic rings. The van der Waals surface area contributed by atoms with E-state index in [0.29, 0.717) is 0 Å².